The number of amides is 1. The summed E-state index contributed by atoms with van der Waals surface area (Å²) in [5.41, 5.74) is 0.109. The van der Waals surface area contributed by atoms with E-state index in [0.717, 1.165) is 5.56 Å². The summed E-state index contributed by atoms with van der Waals surface area (Å²) in [5, 5.41) is 11.3. The normalized spacial score (nSPS) is 10.8. The molecular weight excluding hydrogens is 219 g/mol. The second-order valence-electron chi connectivity index (χ2n) is 4.66. The third kappa shape index (κ3) is 3.56. The molecule has 0 spiro atoms. The van der Waals surface area contributed by atoms with Gasteiger partial charge in [-0.2, -0.15) is 5.26 Å². The molecule has 0 unspecified atom stereocenters. The number of hydrogen-bond donors (Lipinski definition) is 1. The highest BCUT2D eigenvalue weighted by Gasteiger charge is 2.19. The molecule has 17 heavy (non-hydrogen) atoms. The summed E-state index contributed by atoms with van der Waals surface area (Å²) < 4.78 is 13.5. The van der Waals surface area contributed by atoms with Crippen molar-refractivity contribution in [2.45, 2.75) is 20.8 Å². The smallest absolute Gasteiger partial charge is 0.254 e. The maximum Gasteiger partial charge on any atom is 0.254 e. The van der Waals surface area contributed by atoms with Crippen LogP contribution in [0.1, 0.15) is 29.8 Å². The number of aryl methyl sites for hydroxylation is 1. The highest BCUT2D eigenvalue weighted by atomic mass is 19.1. The molecule has 1 aromatic carbocycles. The van der Waals surface area contributed by atoms with Crippen LogP contribution in [0.25, 0.3) is 0 Å². The summed E-state index contributed by atoms with van der Waals surface area (Å²) in [6, 6.07) is 6.49. The fourth-order valence-electron chi connectivity index (χ4n) is 1.24. The molecule has 0 heterocycles. The molecule has 0 atom stereocenters. The first-order chi connectivity index (χ1) is 7.85. The molecule has 0 bridgehead atoms. The van der Waals surface area contributed by atoms with Crippen LogP contribution < -0.4 is 5.32 Å². The van der Waals surface area contributed by atoms with Crippen molar-refractivity contribution in [1.82, 2.24) is 5.32 Å². The van der Waals surface area contributed by atoms with Gasteiger partial charge in [0.05, 0.1) is 17.0 Å². The Bertz CT molecular complexity index is 475. The third-order valence-electron chi connectivity index (χ3n) is 2.36. The Morgan fingerprint density at radius 1 is 1.53 bits per heavy atom. The van der Waals surface area contributed by atoms with Gasteiger partial charge in [-0.3, -0.25) is 4.79 Å². The molecule has 1 aromatic rings. The van der Waals surface area contributed by atoms with E-state index < -0.39 is 17.1 Å². The van der Waals surface area contributed by atoms with Crippen LogP contribution in [0, 0.1) is 29.5 Å². The average Bonchev–Trinajstić information content (AvgIpc) is 2.26. The number of nitriles is 1. The third-order valence-corrected chi connectivity index (χ3v) is 2.36. The lowest BCUT2D eigenvalue weighted by atomic mass is 9.96. The molecule has 90 valence electrons. The Hall–Kier alpha value is -1.89. The lowest BCUT2D eigenvalue weighted by Gasteiger charge is -2.16. The van der Waals surface area contributed by atoms with E-state index in [1.165, 1.54) is 12.1 Å². The minimum absolute atomic E-state index is 0.00402. The van der Waals surface area contributed by atoms with E-state index in [0.29, 0.717) is 0 Å². The predicted molar refractivity (Wildman–Crippen MR) is 62.9 cm³/mol. The number of nitrogens with one attached hydrogen (secondary N) is 1. The van der Waals surface area contributed by atoms with Crippen LogP contribution in [0.15, 0.2) is 18.2 Å². The van der Waals surface area contributed by atoms with Gasteiger partial charge in [-0.15, -0.1) is 0 Å². The second-order valence-corrected chi connectivity index (χ2v) is 4.66. The zero-order chi connectivity index (χ0) is 13.1. The van der Waals surface area contributed by atoms with Crippen molar-refractivity contribution >= 4 is 5.91 Å². The molecule has 4 heteroatoms. The maximum absolute atomic E-state index is 13.5. The number of halogens is 1. The Balaban J connectivity index is 2.75. The number of nitrogens with zero attached hydrogens (tertiary/aromatic N) is 1. The van der Waals surface area contributed by atoms with E-state index in [1.54, 1.807) is 26.8 Å². The minimum atomic E-state index is -0.656. The molecule has 0 aliphatic carbocycles. The molecule has 0 aliphatic heterocycles. The van der Waals surface area contributed by atoms with Gasteiger partial charge in [0.15, 0.2) is 0 Å². The van der Waals surface area contributed by atoms with Crippen molar-refractivity contribution < 1.29 is 9.18 Å². The molecule has 0 saturated carbocycles. The number of benzene rings is 1. The van der Waals surface area contributed by atoms with Crippen molar-refractivity contribution in [3.63, 3.8) is 0 Å². The van der Waals surface area contributed by atoms with Crippen LogP contribution >= 0.6 is 0 Å². The maximum atomic E-state index is 13.5. The molecule has 1 amide bonds. The van der Waals surface area contributed by atoms with Crippen LogP contribution in [0.4, 0.5) is 4.39 Å². The van der Waals surface area contributed by atoms with E-state index >= 15 is 0 Å². The minimum Gasteiger partial charge on any atom is -0.350 e. The van der Waals surface area contributed by atoms with Gasteiger partial charge in [0.25, 0.3) is 5.91 Å². The number of hydrogen-bond acceptors (Lipinski definition) is 2. The summed E-state index contributed by atoms with van der Waals surface area (Å²) in [6.45, 7) is 5.36. The summed E-state index contributed by atoms with van der Waals surface area (Å²) in [5.74, 6) is -1.04. The van der Waals surface area contributed by atoms with Gasteiger partial charge >= 0.3 is 0 Å². The van der Waals surface area contributed by atoms with E-state index in [4.69, 9.17) is 5.26 Å². The van der Waals surface area contributed by atoms with Crippen LogP contribution in [0.2, 0.25) is 0 Å². The van der Waals surface area contributed by atoms with Gasteiger partial charge in [0, 0.05) is 6.54 Å². The zero-order valence-electron chi connectivity index (χ0n) is 10.2. The number of rotatable bonds is 3. The molecule has 1 N–H and O–H groups in total. The van der Waals surface area contributed by atoms with Gasteiger partial charge in [-0.25, -0.2) is 4.39 Å². The van der Waals surface area contributed by atoms with E-state index in [1.807, 2.05) is 0 Å². The molecular formula is C13H15FN2O. The van der Waals surface area contributed by atoms with Crippen LogP contribution in [0.5, 0.6) is 0 Å². The number of carbonyl (C=O) groups excluding carboxylic acids is 1. The topological polar surface area (TPSA) is 52.9 Å². The van der Waals surface area contributed by atoms with Gasteiger partial charge in [0.1, 0.15) is 5.82 Å². The fraction of sp³-hybridized carbons (Fsp3) is 0.385. The largest absolute Gasteiger partial charge is 0.350 e. The SMILES string of the molecule is Cc1ccc(C(=O)NCC(C)(C)C#N)c(F)c1. The molecule has 3 nitrogen and oxygen atoms in total. The highest BCUT2D eigenvalue weighted by molar-refractivity contribution is 5.94. The van der Waals surface area contributed by atoms with Gasteiger partial charge in [-0.1, -0.05) is 6.07 Å². The Morgan fingerprint density at radius 3 is 2.71 bits per heavy atom. The van der Waals surface area contributed by atoms with E-state index in [2.05, 4.69) is 11.4 Å². The van der Waals surface area contributed by atoms with Gasteiger partial charge in [0.2, 0.25) is 0 Å². The van der Waals surface area contributed by atoms with E-state index in [9.17, 15) is 9.18 Å². The van der Waals surface area contributed by atoms with Crippen LogP contribution in [-0.2, 0) is 0 Å². The molecule has 1 rings (SSSR count). The Labute approximate surface area is 100 Å². The summed E-state index contributed by atoms with van der Waals surface area (Å²) in [7, 11) is 0. The van der Waals surface area contributed by atoms with Crippen molar-refractivity contribution in [2.24, 2.45) is 5.41 Å². The number of carbonyl (C=O) groups is 1. The monoisotopic (exact) mass is 234 g/mol. The lowest BCUT2D eigenvalue weighted by molar-refractivity contribution is 0.0939. The van der Waals surface area contributed by atoms with Crippen molar-refractivity contribution in [1.29, 1.82) is 5.26 Å². The molecule has 0 aliphatic rings. The molecule has 0 saturated heterocycles. The lowest BCUT2D eigenvalue weighted by Crippen LogP contribution is -2.33. The standard InChI is InChI=1S/C13H15FN2O/c1-9-4-5-10(11(14)6-9)12(17)16-8-13(2,3)7-15/h4-6H,8H2,1-3H3,(H,16,17). The first kappa shape index (κ1) is 13.2. The van der Waals surface area contributed by atoms with Gasteiger partial charge < -0.3 is 5.32 Å². The van der Waals surface area contributed by atoms with Crippen LogP contribution in [-0.4, -0.2) is 12.5 Å². The Kier molecular flexibility index (Phi) is 3.84. The molecule has 0 fully saturated rings. The molecule has 0 radical (unpaired) electrons. The first-order valence-electron chi connectivity index (χ1n) is 5.31. The zero-order valence-corrected chi connectivity index (χ0v) is 10.2. The summed E-state index contributed by atoms with van der Waals surface area (Å²) >= 11 is 0. The first-order valence-corrected chi connectivity index (χ1v) is 5.31. The average molecular weight is 234 g/mol. The quantitative estimate of drug-likeness (QED) is 0.873. The molecule has 0 aromatic heterocycles. The Morgan fingerprint density at radius 2 is 2.18 bits per heavy atom. The summed E-state index contributed by atoms with van der Waals surface area (Å²) in [4.78, 5) is 11.7. The van der Waals surface area contributed by atoms with Gasteiger partial charge in [-0.05, 0) is 38.5 Å². The fourth-order valence-corrected chi connectivity index (χ4v) is 1.24. The predicted octanol–water partition coefficient (Wildman–Crippen LogP) is 2.41. The highest BCUT2D eigenvalue weighted by Crippen LogP contribution is 2.13. The van der Waals surface area contributed by atoms with Crippen molar-refractivity contribution in [3.8, 4) is 6.07 Å². The van der Waals surface area contributed by atoms with Crippen LogP contribution in [0.3, 0.4) is 0 Å². The van der Waals surface area contributed by atoms with Crippen molar-refractivity contribution in [3.05, 3.63) is 35.1 Å². The summed E-state index contributed by atoms with van der Waals surface area (Å²) in [6.07, 6.45) is 0. The van der Waals surface area contributed by atoms with E-state index in [-0.39, 0.29) is 12.1 Å². The second kappa shape index (κ2) is 4.96. The van der Waals surface area contributed by atoms with Crippen molar-refractivity contribution in [2.75, 3.05) is 6.54 Å².